The SMILES string of the molecule is CCC1(C)NC(=O)C2(CCCC2)N(C(C)C)C1=O. The maximum absolute atomic E-state index is 12.7. The number of piperazine rings is 1. The standard InChI is InChI=1S/C14H24N2O2/c1-5-13(4)12(18)16(10(2)3)14(11(17)15-13)8-6-7-9-14/h10H,5-9H2,1-4H3,(H,15,17). The highest BCUT2D eigenvalue weighted by Crippen LogP contribution is 2.41. The molecule has 1 N–H and O–H groups in total. The first kappa shape index (κ1) is 13.4. The van der Waals surface area contributed by atoms with E-state index >= 15 is 0 Å². The van der Waals surface area contributed by atoms with Crippen LogP contribution in [0.1, 0.15) is 59.8 Å². The predicted octanol–water partition coefficient (Wildman–Crippen LogP) is 1.83. The second kappa shape index (κ2) is 4.25. The molecule has 1 unspecified atom stereocenters. The summed E-state index contributed by atoms with van der Waals surface area (Å²) in [7, 11) is 0. The predicted molar refractivity (Wildman–Crippen MR) is 70.0 cm³/mol. The third-order valence-corrected chi connectivity index (χ3v) is 4.62. The van der Waals surface area contributed by atoms with Crippen LogP contribution in [0.3, 0.4) is 0 Å². The van der Waals surface area contributed by atoms with Gasteiger partial charge < -0.3 is 10.2 Å². The van der Waals surface area contributed by atoms with Crippen molar-refractivity contribution in [3.05, 3.63) is 0 Å². The van der Waals surface area contributed by atoms with Crippen LogP contribution in [0.5, 0.6) is 0 Å². The van der Waals surface area contributed by atoms with Gasteiger partial charge in [-0.15, -0.1) is 0 Å². The molecule has 0 radical (unpaired) electrons. The maximum Gasteiger partial charge on any atom is 0.249 e. The molecule has 2 amide bonds. The lowest BCUT2D eigenvalue weighted by molar-refractivity contribution is -0.165. The van der Waals surface area contributed by atoms with Crippen LogP contribution in [0.15, 0.2) is 0 Å². The van der Waals surface area contributed by atoms with E-state index in [4.69, 9.17) is 0 Å². The first-order valence-corrected chi connectivity index (χ1v) is 7.04. The minimum atomic E-state index is -0.727. The second-order valence-electron chi connectivity index (χ2n) is 6.15. The van der Waals surface area contributed by atoms with Crippen LogP contribution < -0.4 is 5.32 Å². The van der Waals surface area contributed by atoms with Crippen molar-refractivity contribution in [1.82, 2.24) is 10.2 Å². The molecule has 1 atom stereocenters. The van der Waals surface area contributed by atoms with Gasteiger partial charge >= 0.3 is 0 Å². The van der Waals surface area contributed by atoms with Crippen molar-refractivity contribution in [2.75, 3.05) is 0 Å². The zero-order chi connectivity index (χ0) is 13.6. The van der Waals surface area contributed by atoms with E-state index in [1.54, 1.807) is 0 Å². The van der Waals surface area contributed by atoms with Crippen molar-refractivity contribution in [3.63, 3.8) is 0 Å². The summed E-state index contributed by atoms with van der Waals surface area (Å²) in [6.45, 7) is 7.80. The molecule has 102 valence electrons. The van der Waals surface area contributed by atoms with Crippen LogP contribution in [-0.2, 0) is 9.59 Å². The molecule has 1 heterocycles. The largest absolute Gasteiger partial charge is 0.340 e. The molecule has 0 aromatic rings. The van der Waals surface area contributed by atoms with E-state index in [1.165, 1.54) is 0 Å². The summed E-state index contributed by atoms with van der Waals surface area (Å²) in [5, 5.41) is 2.98. The normalized spacial score (nSPS) is 31.3. The van der Waals surface area contributed by atoms with E-state index in [-0.39, 0.29) is 17.9 Å². The Bertz CT molecular complexity index is 372. The summed E-state index contributed by atoms with van der Waals surface area (Å²) in [6.07, 6.45) is 4.32. The van der Waals surface area contributed by atoms with Crippen LogP contribution in [-0.4, -0.2) is 33.8 Å². The molecule has 4 heteroatoms. The van der Waals surface area contributed by atoms with Crippen molar-refractivity contribution in [2.45, 2.75) is 76.9 Å². The highest BCUT2D eigenvalue weighted by Gasteiger charge is 2.57. The van der Waals surface area contributed by atoms with Crippen LogP contribution in [0.25, 0.3) is 0 Å². The molecule has 1 spiro atoms. The molecule has 0 aromatic carbocycles. The van der Waals surface area contributed by atoms with Gasteiger partial charge in [0.05, 0.1) is 0 Å². The molecule has 2 rings (SSSR count). The van der Waals surface area contributed by atoms with E-state index < -0.39 is 11.1 Å². The first-order valence-electron chi connectivity index (χ1n) is 7.04. The highest BCUT2D eigenvalue weighted by molar-refractivity contribution is 6.02. The molecule has 1 aliphatic heterocycles. The summed E-state index contributed by atoms with van der Waals surface area (Å²) in [5.41, 5.74) is -1.30. The Balaban J connectivity index is 2.44. The van der Waals surface area contributed by atoms with Gasteiger partial charge in [0.15, 0.2) is 0 Å². The quantitative estimate of drug-likeness (QED) is 0.815. The fourth-order valence-electron chi connectivity index (χ4n) is 3.39. The summed E-state index contributed by atoms with van der Waals surface area (Å²) in [5.74, 6) is 0.138. The molecule has 0 aromatic heterocycles. The van der Waals surface area contributed by atoms with Crippen LogP contribution >= 0.6 is 0 Å². The van der Waals surface area contributed by atoms with Gasteiger partial charge in [0, 0.05) is 6.04 Å². The fraction of sp³-hybridized carbons (Fsp3) is 0.857. The van der Waals surface area contributed by atoms with Gasteiger partial charge in [-0.05, 0) is 40.0 Å². The monoisotopic (exact) mass is 252 g/mol. The van der Waals surface area contributed by atoms with E-state index in [0.717, 1.165) is 25.7 Å². The number of carbonyl (C=O) groups excluding carboxylic acids is 2. The zero-order valence-electron chi connectivity index (χ0n) is 11.9. The second-order valence-corrected chi connectivity index (χ2v) is 6.15. The summed E-state index contributed by atoms with van der Waals surface area (Å²) in [6, 6.07) is 0.0764. The lowest BCUT2D eigenvalue weighted by Crippen LogP contribution is -2.75. The summed E-state index contributed by atoms with van der Waals surface area (Å²) in [4.78, 5) is 27.1. The first-order chi connectivity index (χ1) is 8.37. The molecular formula is C14H24N2O2. The zero-order valence-corrected chi connectivity index (χ0v) is 11.9. The Labute approximate surface area is 109 Å². The number of hydrogen-bond donors (Lipinski definition) is 1. The van der Waals surface area contributed by atoms with Crippen molar-refractivity contribution >= 4 is 11.8 Å². The Kier molecular flexibility index (Phi) is 3.16. The number of nitrogens with one attached hydrogen (secondary N) is 1. The average molecular weight is 252 g/mol. The number of carbonyl (C=O) groups is 2. The van der Waals surface area contributed by atoms with Crippen LogP contribution in [0, 0.1) is 0 Å². The smallest absolute Gasteiger partial charge is 0.249 e. The van der Waals surface area contributed by atoms with Gasteiger partial charge in [-0.25, -0.2) is 0 Å². The van der Waals surface area contributed by atoms with Gasteiger partial charge in [-0.2, -0.15) is 0 Å². The third-order valence-electron chi connectivity index (χ3n) is 4.62. The number of nitrogens with zero attached hydrogens (tertiary/aromatic N) is 1. The molecule has 18 heavy (non-hydrogen) atoms. The Morgan fingerprint density at radius 2 is 1.83 bits per heavy atom. The Hall–Kier alpha value is -1.06. The summed E-state index contributed by atoms with van der Waals surface area (Å²) >= 11 is 0. The van der Waals surface area contributed by atoms with Crippen LogP contribution in [0.4, 0.5) is 0 Å². The topological polar surface area (TPSA) is 49.4 Å². The van der Waals surface area contributed by atoms with Crippen molar-refractivity contribution < 1.29 is 9.59 Å². The van der Waals surface area contributed by atoms with E-state index in [2.05, 4.69) is 5.32 Å². The Morgan fingerprint density at radius 1 is 1.28 bits per heavy atom. The van der Waals surface area contributed by atoms with E-state index in [0.29, 0.717) is 6.42 Å². The molecule has 4 nitrogen and oxygen atoms in total. The molecule has 1 saturated carbocycles. The van der Waals surface area contributed by atoms with Crippen LogP contribution in [0.2, 0.25) is 0 Å². The minimum Gasteiger partial charge on any atom is -0.340 e. The molecule has 2 aliphatic rings. The Morgan fingerprint density at radius 3 is 2.28 bits per heavy atom. The number of hydrogen-bond acceptors (Lipinski definition) is 2. The van der Waals surface area contributed by atoms with Gasteiger partial charge in [0.25, 0.3) is 0 Å². The fourth-order valence-corrected chi connectivity index (χ4v) is 3.39. The molecular weight excluding hydrogens is 228 g/mol. The van der Waals surface area contributed by atoms with Gasteiger partial charge in [0.2, 0.25) is 11.8 Å². The number of rotatable bonds is 2. The van der Waals surface area contributed by atoms with E-state index in [1.807, 2.05) is 32.6 Å². The molecule has 2 fully saturated rings. The van der Waals surface area contributed by atoms with Crippen molar-refractivity contribution in [1.29, 1.82) is 0 Å². The van der Waals surface area contributed by atoms with Gasteiger partial charge in [-0.1, -0.05) is 19.8 Å². The maximum atomic E-state index is 12.7. The molecule has 1 aliphatic carbocycles. The van der Waals surface area contributed by atoms with Gasteiger partial charge in [-0.3, -0.25) is 9.59 Å². The average Bonchev–Trinajstić information content (AvgIpc) is 2.77. The minimum absolute atomic E-state index is 0.0534. The third kappa shape index (κ3) is 1.65. The van der Waals surface area contributed by atoms with E-state index in [9.17, 15) is 9.59 Å². The molecule has 0 bridgehead atoms. The highest BCUT2D eigenvalue weighted by atomic mass is 16.2. The summed E-state index contributed by atoms with van der Waals surface area (Å²) < 4.78 is 0. The van der Waals surface area contributed by atoms with Crippen molar-refractivity contribution in [3.8, 4) is 0 Å². The van der Waals surface area contributed by atoms with Crippen molar-refractivity contribution in [2.24, 2.45) is 0 Å². The molecule has 1 saturated heterocycles. The van der Waals surface area contributed by atoms with Gasteiger partial charge in [0.1, 0.15) is 11.1 Å². The number of amides is 2. The lowest BCUT2D eigenvalue weighted by Gasteiger charge is -2.52. The lowest BCUT2D eigenvalue weighted by atomic mass is 9.82.